The van der Waals surface area contributed by atoms with Crippen LogP contribution in [0.4, 0.5) is 0 Å². The van der Waals surface area contributed by atoms with E-state index in [2.05, 4.69) is 30.7 Å². The molecular formula is C15H30N4O. The number of Topliss-reactive ketones (excluding diaryl/α,β-unsaturated/α-hetero) is 1. The van der Waals surface area contributed by atoms with E-state index in [-0.39, 0.29) is 23.0 Å². The molecule has 1 aliphatic rings. The predicted molar refractivity (Wildman–Crippen MR) is 83.5 cm³/mol. The lowest BCUT2D eigenvalue weighted by Crippen LogP contribution is -2.50. The molecule has 0 saturated carbocycles. The van der Waals surface area contributed by atoms with Crippen molar-refractivity contribution in [2.45, 2.75) is 59.5 Å². The fourth-order valence-corrected chi connectivity index (χ4v) is 2.78. The first-order chi connectivity index (χ1) is 8.93. The van der Waals surface area contributed by atoms with Crippen molar-refractivity contribution >= 4 is 11.7 Å². The summed E-state index contributed by atoms with van der Waals surface area (Å²) in [5.74, 6) is 0.769. The molecule has 0 spiro atoms. The minimum Gasteiger partial charge on any atom is -0.370 e. The van der Waals surface area contributed by atoms with Gasteiger partial charge in [0, 0.05) is 24.0 Å². The third-order valence-electron chi connectivity index (χ3n) is 3.82. The van der Waals surface area contributed by atoms with Gasteiger partial charge in [-0.15, -0.1) is 0 Å². The van der Waals surface area contributed by atoms with Crippen LogP contribution in [-0.4, -0.2) is 41.3 Å². The van der Waals surface area contributed by atoms with Crippen LogP contribution in [0.25, 0.3) is 0 Å². The average molecular weight is 282 g/mol. The predicted octanol–water partition coefficient (Wildman–Crippen LogP) is 1.36. The third kappa shape index (κ3) is 4.20. The van der Waals surface area contributed by atoms with Crippen LogP contribution < -0.4 is 11.5 Å². The van der Waals surface area contributed by atoms with Crippen molar-refractivity contribution in [1.29, 1.82) is 0 Å². The molecule has 0 radical (unpaired) electrons. The third-order valence-corrected chi connectivity index (χ3v) is 3.82. The van der Waals surface area contributed by atoms with Crippen molar-refractivity contribution in [3.63, 3.8) is 0 Å². The SMILES string of the molecule is CC(C)(C)C(=O)C1CC(CN=C(N)N)CN1C(C)(C)C. The molecule has 1 heterocycles. The van der Waals surface area contributed by atoms with E-state index in [1.165, 1.54) is 0 Å². The highest BCUT2D eigenvalue weighted by Gasteiger charge is 2.44. The van der Waals surface area contributed by atoms with Crippen molar-refractivity contribution in [2.24, 2.45) is 27.8 Å². The summed E-state index contributed by atoms with van der Waals surface area (Å²) >= 11 is 0. The fraction of sp³-hybridized carbons (Fsp3) is 0.867. The van der Waals surface area contributed by atoms with E-state index in [9.17, 15) is 4.79 Å². The maximum absolute atomic E-state index is 12.7. The van der Waals surface area contributed by atoms with E-state index >= 15 is 0 Å². The number of hydrogen-bond donors (Lipinski definition) is 2. The number of nitrogens with zero attached hydrogens (tertiary/aromatic N) is 2. The van der Waals surface area contributed by atoms with Crippen molar-refractivity contribution in [3.8, 4) is 0 Å². The summed E-state index contributed by atoms with van der Waals surface area (Å²) in [5, 5.41) is 0. The zero-order chi connectivity index (χ0) is 15.7. The monoisotopic (exact) mass is 282 g/mol. The van der Waals surface area contributed by atoms with Crippen LogP contribution in [0.15, 0.2) is 4.99 Å². The molecule has 5 heteroatoms. The highest BCUT2D eigenvalue weighted by atomic mass is 16.1. The molecule has 116 valence electrons. The number of guanidine groups is 1. The standard InChI is InChI=1S/C15H30N4O/c1-14(2,3)12(20)11-7-10(8-18-13(16)17)9-19(11)15(4,5)6/h10-11H,7-9H2,1-6H3,(H4,16,17,18). The molecule has 5 nitrogen and oxygen atoms in total. The van der Waals surface area contributed by atoms with Crippen LogP contribution in [0.1, 0.15) is 48.0 Å². The molecule has 20 heavy (non-hydrogen) atoms. The normalized spacial score (nSPS) is 24.7. The Balaban J connectivity index is 2.90. The van der Waals surface area contributed by atoms with Crippen molar-refractivity contribution in [2.75, 3.05) is 13.1 Å². The quantitative estimate of drug-likeness (QED) is 0.604. The van der Waals surface area contributed by atoms with Gasteiger partial charge in [0.05, 0.1) is 6.04 Å². The molecule has 0 aromatic carbocycles. The lowest BCUT2D eigenvalue weighted by molar-refractivity contribution is -0.132. The number of hydrogen-bond acceptors (Lipinski definition) is 3. The molecule has 1 rings (SSSR count). The van der Waals surface area contributed by atoms with E-state index in [0.29, 0.717) is 18.2 Å². The molecule has 0 amide bonds. The highest BCUT2D eigenvalue weighted by Crippen LogP contribution is 2.34. The zero-order valence-corrected chi connectivity index (χ0v) is 13.7. The molecule has 4 N–H and O–H groups in total. The fourth-order valence-electron chi connectivity index (χ4n) is 2.78. The summed E-state index contributed by atoms with van der Waals surface area (Å²) in [7, 11) is 0. The smallest absolute Gasteiger partial charge is 0.185 e. The van der Waals surface area contributed by atoms with Crippen LogP contribution in [0.2, 0.25) is 0 Å². The average Bonchev–Trinajstić information content (AvgIpc) is 2.67. The van der Waals surface area contributed by atoms with Gasteiger partial charge in [-0.3, -0.25) is 14.7 Å². The van der Waals surface area contributed by atoms with Gasteiger partial charge in [0.15, 0.2) is 11.7 Å². The van der Waals surface area contributed by atoms with Crippen molar-refractivity contribution in [3.05, 3.63) is 0 Å². The van der Waals surface area contributed by atoms with Crippen LogP contribution in [0.5, 0.6) is 0 Å². The summed E-state index contributed by atoms with van der Waals surface area (Å²) in [5.41, 5.74) is 10.5. The van der Waals surface area contributed by atoms with Gasteiger partial charge in [-0.05, 0) is 33.1 Å². The van der Waals surface area contributed by atoms with Gasteiger partial charge in [-0.25, -0.2) is 0 Å². The number of rotatable bonds is 3. The molecule has 2 unspecified atom stereocenters. The van der Waals surface area contributed by atoms with E-state index < -0.39 is 0 Å². The highest BCUT2D eigenvalue weighted by molar-refractivity contribution is 5.89. The molecular weight excluding hydrogens is 252 g/mol. The van der Waals surface area contributed by atoms with Crippen molar-refractivity contribution in [1.82, 2.24) is 4.90 Å². The molecule has 0 aromatic rings. The summed E-state index contributed by atoms with van der Waals surface area (Å²) in [4.78, 5) is 19.1. The summed E-state index contributed by atoms with van der Waals surface area (Å²) < 4.78 is 0. The Morgan fingerprint density at radius 2 is 1.75 bits per heavy atom. The molecule has 1 saturated heterocycles. The maximum atomic E-state index is 12.7. The topological polar surface area (TPSA) is 84.7 Å². The number of likely N-dealkylation sites (tertiary alicyclic amines) is 1. The lowest BCUT2D eigenvalue weighted by Gasteiger charge is -2.38. The Kier molecular flexibility index (Phi) is 4.85. The molecule has 0 aliphatic carbocycles. The maximum Gasteiger partial charge on any atom is 0.185 e. The zero-order valence-electron chi connectivity index (χ0n) is 13.7. The molecule has 0 aromatic heterocycles. The van der Waals surface area contributed by atoms with Gasteiger partial charge >= 0.3 is 0 Å². The Labute approximate surface area is 122 Å². The second kappa shape index (κ2) is 5.72. The van der Waals surface area contributed by atoms with Crippen LogP contribution >= 0.6 is 0 Å². The Morgan fingerprint density at radius 3 is 2.15 bits per heavy atom. The minimum absolute atomic E-state index is 0.0295. The number of nitrogens with two attached hydrogens (primary N) is 2. The number of aliphatic imine (C=N–C) groups is 1. The largest absolute Gasteiger partial charge is 0.370 e. The lowest BCUT2D eigenvalue weighted by atomic mass is 9.84. The first-order valence-corrected chi connectivity index (χ1v) is 7.29. The Bertz CT molecular complexity index is 386. The van der Waals surface area contributed by atoms with Crippen molar-refractivity contribution < 1.29 is 4.79 Å². The molecule has 1 aliphatic heterocycles. The first kappa shape index (κ1) is 17.0. The van der Waals surface area contributed by atoms with Gasteiger partial charge in [-0.1, -0.05) is 20.8 Å². The summed E-state index contributed by atoms with van der Waals surface area (Å²) in [6, 6.07) is -0.0331. The number of ketones is 1. The van der Waals surface area contributed by atoms with E-state index in [1.807, 2.05) is 20.8 Å². The number of carbonyl (C=O) groups excluding carboxylic acids is 1. The summed E-state index contributed by atoms with van der Waals surface area (Å²) in [6.07, 6.45) is 0.837. The van der Waals surface area contributed by atoms with E-state index in [4.69, 9.17) is 11.5 Å². The van der Waals surface area contributed by atoms with Gasteiger partial charge in [0.25, 0.3) is 0 Å². The molecule has 0 bridgehead atoms. The van der Waals surface area contributed by atoms with E-state index in [0.717, 1.165) is 13.0 Å². The van der Waals surface area contributed by atoms with Gasteiger partial charge < -0.3 is 11.5 Å². The van der Waals surface area contributed by atoms with E-state index in [1.54, 1.807) is 0 Å². The van der Waals surface area contributed by atoms with Crippen LogP contribution in [-0.2, 0) is 4.79 Å². The second-order valence-corrected chi connectivity index (χ2v) is 7.82. The molecule has 1 fully saturated rings. The van der Waals surface area contributed by atoms with Gasteiger partial charge in [0.2, 0.25) is 0 Å². The number of carbonyl (C=O) groups is 1. The Morgan fingerprint density at radius 1 is 1.20 bits per heavy atom. The van der Waals surface area contributed by atoms with Crippen LogP contribution in [0.3, 0.4) is 0 Å². The minimum atomic E-state index is -0.320. The summed E-state index contributed by atoms with van der Waals surface area (Å²) in [6.45, 7) is 13.9. The first-order valence-electron chi connectivity index (χ1n) is 7.29. The van der Waals surface area contributed by atoms with Gasteiger partial charge in [-0.2, -0.15) is 0 Å². The van der Waals surface area contributed by atoms with Crippen LogP contribution in [0, 0.1) is 11.3 Å². The Hall–Kier alpha value is -1.10. The molecule has 2 atom stereocenters. The second-order valence-electron chi connectivity index (χ2n) is 7.82. The van der Waals surface area contributed by atoms with Gasteiger partial charge in [0.1, 0.15) is 0 Å².